The van der Waals surface area contributed by atoms with Crippen LogP contribution < -0.4 is 16.0 Å². The van der Waals surface area contributed by atoms with Crippen molar-refractivity contribution in [2.45, 2.75) is 33.7 Å². The summed E-state index contributed by atoms with van der Waals surface area (Å²) < 4.78 is 14.8. The zero-order valence-electron chi connectivity index (χ0n) is 18.0. The minimum Gasteiger partial charge on any atom is -0.368 e. The number of halogens is 1. The molecule has 0 aliphatic heterocycles. The van der Waals surface area contributed by atoms with Crippen LogP contribution in [0, 0.1) is 19.7 Å². The van der Waals surface area contributed by atoms with Crippen LogP contribution >= 0.6 is 0 Å². The molecule has 156 valence electrons. The Bertz CT molecular complexity index is 1080. The van der Waals surface area contributed by atoms with Gasteiger partial charge in [0.25, 0.3) is 0 Å². The zero-order valence-corrected chi connectivity index (χ0v) is 18.0. The number of carbonyl (C=O) groups is 1. The molecule has 1 heterocycles. The largest absolute Gasteiger partial charge is 0.368 e. The smallest absolute Gasteiger partial charge is 0.318 e. The first kappa shape index (κ1) is 21.3. The van der Waals surface area contributed by atoms with Crippen LogP contribution in [0.25, 0.3) is 22.3 Å². The predicted octanol–water partition coefficient (Wildman–Crippen LogP) is 5.51. The molecule has 2 aromatic carbocycles. The molecule has 5 nitrogen and oxygen atoms in total. The lowest BCUT2D eigenvalue weighted by molar-refractivity contribution is 0.255. The maximum atomic E-state index is 14.8. The van der Waals surface area contributed by atoms with Gasteiger partial charge in [-0.25, -0.2) is 14.2 Å². The summed E-state index contributed by atoms with van der Waals surface area (Å²) in [5.74, 6) is 0.435. The summed E-state index contributed by atoms with van der Waals surface area (Å²) in [5.41, 5.74) is 11.0. The summed E-state index contributed by atoms with van der Waals surface area (Å²) in [6, 6.07) is 12.4. The van der Waals surface area contributed by atoms with Gasteiger partial charge in [-0.3, -0.25) is 4.90 Å². The molecule has 6 heteroatoms. The number of primary amides is 1. The van der Waals surface area contributed by atoms with Crippen LogP contribution in [-0.4, -0.2) is 24.1 Å². The fourth-order valence-electron chi connectivity index (χ4n) is 3.41. The first-order chi connectivity index (χ1) is 14.2. The summed E-state index contributed by atoms with van der Waals surface area (Å²) in [7, 11) is 1.51. The predicted molar refractivity (Wildman–Crippen MR) is 121 cm³/mol. The van der Waals surface area contributed by atoms with Gasteiger partial charge in [0.15, 0.2) is 0 Å². The molecule has 0 unspecified atom stereocenters. The molecule has 0 fully saturated rings. The molecule has 0 aliphatic carbocycles. The summed E-state index contributed by atoms with van der Waals surface area (Å²) in [5, 5.41) is 3.28. The topological polar surface area (TPSA) is 71.2 Å². The van der Waals surface area contributed by atoms with Crippen LogP contribution in [-0.2, 0) is 0 Å². The molecule has 1 aromatic heterocycles. The third kappa shape index (κ3) is 4.43. The fourth-order valence-corrected chi connectivity index (χ4v) is 3.41. The Balaban J connectivity index is 1.96. The van der Waals surface area contributed by atoms with Gasteiger partial charge in [0.05, 0.1) is 0 Å². The summed E-state index contributed by atoms with van der Waals surface area (Å²) in [6.45, 7) is 8.10. The number of rotatable bonds is 5. The van der Waals surface area contributed by atoms with Crippen molar-refractivity contribution in [3.63, 3.8) is 0 Å². The van der Waals surface area contributed by atoms with Crippen LogP contribution in [0.1, 0.15) is 25.0 Å². The van der Waals surface area contributed by atoms with Gasteiger partial charge in [0, 0.05) is 36.1 Å². The number of urea groups is 1. The maximum absolute atomic E-state index is 14.8. The average Bonchev–Trinajstić information content (AvgIpc) is 2.69. The van der Waals surface area contributed by atoms with Crippen molar-refractivity contribution >= 4 is 17.5 Å². The number of nitrogens with zero attached hydrogens (tertiary/aromatic N) is 2. The number of pyridine rings is 1. The summed E-state index contributed by atoms with van der Waals surface area (Å²) in [6.07, 6.45) is 1.85. The molecule has 3 rings (SSSR count). The van der Waals surface area contributed by atoms with Gasteiger partial charge >= 0.3 is 6.03 Å². The minimum atomic E-state index is -0.637. The van der Waals surface area contributed by atoms with E-state index in [0.29, 0.717) is 17.3 Å². The number of aryl methyl sites for hydroxylation is 2. The summed E-state index contributed by atoms with van der Waals surface area (Å²) in [4.78, 5) is 17.0. The van der Waals surface area contributed by atoms with Crippen molar-refractivity contribution in [3.8, 4) is 22.3 Å². The lowest BCUT2D eigenvalue weighted by Gasteiger charge is -2.17. The normalized spacial score (nSPS) is 10.9. The first-order valence-electron chi connectivity index (χ1n) is 9.84. The van der Waals surface area contributed by atoms with Gasteiger partial charge in [0.1, 0.15) is 11.6 Å². The van der Waals surface area contributed by atoms with Crippen molar-refractivity contribution in [1.29, 1.82) is 0 Å². The zero-order chi connectivity index (χ0) is 22.0. The average molecular weight is 407 g/mol. The second kappa shape index (κ2) is 8.53. The van der Waals surface area contributed by atoms with Crippen molar-refractivity contribution in [2.24, 2.45) is 5.73 Å². The van der Waals surface area contributed by atoms with Gasteiger partial charge in [-0.05, 0) is 80.3 Å². The SMILES string of the molecule is Cc1cc(-c2ccc(N(C)C(N)=O)cc2F)c(C)cc1-c1ccc(NC(C)C)nc1. The lowest BCUT2D eigenvalue weighted by atomic mass is 9.92. The van der Waals surface area contributed by atoms with E-state index in [-0.39, 0.29) is 0 Å². The quantitative estimate of drug-likeness (QED) is 0.587. The van der Waals surface area contributed by atoms with Crippen LogP contribution in [0.3, 0.4) is 0 Å². The fraction of sp³-hybridized carbons (Fsp3) is 0.250. The molecule has 0 atom stereocenters. The van der Waals surface area contributed by atoms with Crippen LogP contribution in [0.4, 0.5) is 20.7 Å². The highest BCUT2D eigenvalue weighted by Crippen LogP contribution is 2.34. The van der Waals surface area contributed by atoms with Crippen molar-refractivity contribution in [1.82, 2.24) is 4.98 Å². The maximum Gasteiger partial charge on any atom is 0.318 e. The molecule has 0 aliphatic rings. The van der Waals surface area contributed by atoms with E-state index in [9.17, 15) is 9.18 Å². The number of carbonyl (C=O) groups excluding carboxylic acids is 1. The molecule has 0 saturated carbocycles. The Morgan fingerprint density at radius 1 is 1.03 bits per heavy atom. The molecular formula is C24H27FN4O. The van der Waals surface area contributed by atoms with E-state index >= 15 is 0 Å². The monoisotopic (exact) mass is 406 g/mol. The van der Waals surface area contributed by atoms with Gasteiger partial charge in [-0.2, -0.15) is 0 Å². The Labute approximate surface area is 176 Å². The highest BCUT2D eigenvalue weighted by atomic mass is 19.1. The standard InChI is InChI=1S/C24H27FN4O/c1-14(2)28-23-9-6-17(13-27-23)20-10-16(4)21(11-15(20)3)19-8-7-18(12-22(19)25)29(5)24(26)30/h6-14H,1-5H3,(H2,26,30)(H,27,28). The number of aromatic nitrogens is 1. The van der Waals surface area contributed by atoms with Gasteiger partial charge in [0.2, 0.25) is 0 Å². The van der Waals surface area contributed by atoms with Crippen molar-refractivity contribution in [3.05, 3.63) is 65.6 Å². The van der Waals surface area contributed by atoms with Crippen molar-refractivity contribution < 1.29 is 9.18 Å². The molecule has 3 N–H and O–H groups in total. The second-order valence-electron chi connectivity index (χ2n) is 7.77. The van der Waals surface area contributed by atoms with Crippen molar-refractivity contribution in [2.75, 3.05) is 17.3 Å². The number of hydrogen-bond donors (Lipinski definition) is 2. The molecular weight excluding hydrogens is 379 g/mol. The van der Waals surface area contributed by atoms with Crippen LogP contribution in [0.5, 0.6) is 0 Å². The molecule has 3 aromatic rings. The van der Waals surface area contributed by atoms with Gasteiger partial charge in [-0.15, -0.1) is 0 Å². The van der Waals surface area contributed by atoms with E-state index in [2.05, 4.69) is 30.2 Å². The van der Waals surface area contributed by atoms with E-state index < -0.39 is 11.8 Å². The molecule has 2 amide bonds. The Kier molecular flexibility index (Phi) is 6.06. The Morgan fingerprint density at radius 3 is 2.27 bits per heavy atom. The first-order valence-corrected chi connectivity index (χ1v) is 9.84. The minimum absolute atomic E-state index is 0.315. The second-order valence-corrected chi connectivity index (χ2v) is 7.77. The number of nitrogens with two attached hydrogens (primary N) is 1. The van der Waals surface area contributed by atoms with E-state index in [1.807, 2.05) is 38.2 Å². The molecule has 0 radical (unpaired) electrons. The van der Waals surface area contributed by atoms with Gasteiger partial charge in [-0.1, -0.05) is 12.1 Å². The van der Waals surface area contributed by atoms with Crippen LogP contribution in [0.2, 0.25) is 0 Å². The molecule has 0 bridgehead atoms. The van der Waals surface area contributed by atoms with Crippen LogP contribution in [0.15, 0.2) is 48.7 Å². The number of amides is 2. The lowest BCUT2D eigenvalue weighted by Crippen LogP contribution is -2.31. The van der Waals surface area contributed by atoms with E-state index in [0.717, 1.165) is 33.6 Å². The third-order valence-electron chi connectivity index (χ3n) is 5.04. The van der Waals surface area contributed by atoms with E-state index in [1.165, 1.54) is 18.0 Å². The molecule has 30 heavy (non-hydrogen) atoms. The molecule has 0 spiro atoms. The highest BCUT2D eigenvalue weighted by Gasteiger charge is 2.15. The number of anilines is 2. The Morgan fingerprint density at radius 2 is 1.70 bits per heavy atom. The number of nitrogens with one attached hydrogen (secondary N) is 1. The van der Waals surface area contributed by atoms with Gasteiger partial charge < -0.3 is 11.1 Å². The molecule has 0 saturated heterocycles. The van der Waals surface area contributed by atoms with E-state index in [1.54, 1.807) is 12.1 Å². The number of benzene rings is 2. The summed E-state index contributed by atoms with van der Waals surface area (Å²) >= 11 is 0. The van der Waals surface area contributed by atoms with E-state index in [4.69, 9.17) is 5.73 Å². The highest BCUT2D eigenvalue weighted by molar-refractivity contribution is 5.90. The third-order valence-corrected chi connectivity index (χ3v) is 5.04. The number of hydrogen-bond acceptors (Lipinski definition) is 3. The Hall–Kier alpha value is -3.41.